The van der Waals surface area contributed by atoms with Gasteiger partial charge in [-0.2, -0.15) is 0 Å². The fourth-order valence-corrected chi connectivity index (χ4v) is 1.93. The molecule has 0 atom stereocenters. The predicted octanol–water partition coefficient (Wildman–Crippen LogP) is 2.59. The number of hydrogen-bond acceptors (Lipinski definition) is 4. The van der Waals surface area contributed by atoms with Crippen molar-refractivity contribution in [3.05, 3.63) is 41.8 Å². The lowest BCUT2D eigenvalue weighted by Crippen LogP contribution is -2.50. The number of carboxylic acid groups (broad SMARTS) is 1. The normalized spacial score (nSPS) is 11.3. The number of carboxylic acids is 1. The first-order chi connectivity index (χ1) is 10.2. The highest BCUT2D eigenvalue weighted by Crippen LogP contribution is 2.22. The smallest absolute Gasteiger partial charge is 0.329 e. The minimum Gasteiger partial charge on any atom is -0.480 e. The highest BCUT2D eigenvalue weighted by Gasteiger charge is 2.36. The first-order valence-electron chi connectivity index (χ1n) is 6.78. The van der Waals surface area contributed by atoms with Crippen molar-refractivity contribution >= 4 is 11.9 Å². The zero-order valence-corrected chi connectivity index (χ0v) is 13.0. The molecular formula is C16H18N2O4. The molecule has 6 nitrogen and oxygen atoms in total. The molecule has 0 aliphatic carbocycles. The van der Waals surface area contributed by atoms with E-state index in [1.807, 2.05) is 0 Å². The Labute approximate surface area is 128 Å². The quantitative estimate of drug-likeness (QED) is 0.938. The lowest BCUT2D eigenvalue weighted by molar-refractivity contribution is -0.147. The molecule has 0 aliphatic rings. The Bertz CT molecular complexity index is 705. The van der Waals surface area contributed by atoms with Crippen molar-refractivity contribution in [2.45, 2.75) is 26.3 Å². The Kier molecular flexibility index (Phi) is 4.03. The van der Waals surface area contributed by atoms with Crippen molar-refractivity contribution in [3.8, 4) is 11.5 Å². The van der Waals surface area contributed by atoms with Crippen LogP contribution in [0.1, 0.15) is 29.9 Å². The molecular weight excluding hydrogens is 284 g/mol. The molecule has 0 unspecified atom stereocenters. The third kappa shape index (κ3) is 2.72. The molecule has 2 heterocycles. The first kappa shape index (κ1) is 15.8. The average Bonchev–Trinajstić information content (AvgIpc) is 2.99. The van der Waals surface area contributed by atoms with Crippen LogP contribution in [0.5, 0.6) is 0 Å². The van der Waals surface area contributed by atoms with E-state index in [0.29, 0.717) is 22.7 Å². The zero-order valence-electron chi connectivity index (χ0n) is 13.0. The van der Waals surface area contributed by atoms with Gasteiger partial charge in [-0.25, -0.2) is 9.78 Å². The number of aliphatic carboxylic acids is 1. The Balaban J connectivity index is 2.33. The molecule has 0 fully saturated rings. The summed E-state index contributed by atoms with van der Waals surface area (Å²) >= 11 is 0. The summed E-state index contributed by atoms with van der Waals surface area (Å²) in [5.74, 6) is -0.842. The van der Waals surface area contributed by atoms with E-state index >= 15 is 0 Å². The van der Waals surface area contributed by atoms with Gasteiger partial charge in [0.05, 0.1) is 17.5 Å². The number of carbonyl (C=O) groups excluding carboxylic acids is 1. The van der Waals surface area contributed by atoms with Gasteiger partial charge in [-0.15, -0.1) is 0 Å². The number of furan rings is 1. The molecule has 2 rings (SSSR count). The number of amides is 1. The maximum absolute atomic E-state index is 12.5. The number of aromatic nitrogens is 1. The van der Waals surface area contributed by atoms with Gasteiger partial charge in [0.2, 0.25) is 0 Å². The number of hydrogen-bond donors (Lipinski definition) is 1. The molecule has 0 saturated heterocycles. The van der Waals surface area contributed by atoms with Gasteiger partial charge in [0.15, 0.2) is 5.76 Å². The maximum atomic E-state index is 12.5. The molecule has 2 aromatic rings. The zero-order chi connectivity index (χ0) is 16.5. The lowest BCUT2D eigenvalue weighted by atomic mass is 10.0. The third-order valence-corrected chi connectivity index (χ3v) is 3.76. The molecule has 0 spiro atoms. The molecule has 2 aromatic heterocycles. The van der Waals surface area contributed by atoms with Gasteiger partial charge < -0.3 is 14.4 Å². The summed E-state index contributed by atoms with van der Waals surface area (Å²) in [6.07, 6.45) is 1.55. The van der Waals surface area contributed by atoms with Crippen molar-refractivity contribution in [2.75, 3.05) is 7.05 Å². The summed E-state index contributed by atoms with van der Waals surface area (Å²) in [5.41, 5.74) is 0.210. The van der Waals surface area contributed by atoms with Crippen LogP contribution >= 0.6 is 0 Å². The monoisotopic (exact) mass is 302 g/mol. The van der Waals surface area contributed by atoms with Gasteiger partial charge in [0.25, 0.3) is 5.91 Å². The molecule has 0 radical (unpaired) electrons. The van der Waals surface area contributed by atoms with Crippen LogP contribution in [-0.4, -0.2) is 39.5 Å². The Morgan fingerprint density at radius 3 is 2.45 bits per heavy atom. The molecule has 116 valence electrons. The third-order valence-electron chi connectivity index (χ3n) is 3.76. The van der Waals surface area contributed by atoms with Gasteiger partial charge in [-0.1, -0.05) is 0 Å². The van der Waals surface area contributed by atoms with Crippen molar-refractivity contribution < 1.29 is 19.1 Å². The summed E-state index contributed by atoms with van der Waals surface area (Å²) in [7, 11) is 1.47. The highest BCUT2D eigenvalue weighted by molar-refractivity contribution is 5.98. The molecule has 0 aromatic carbocycles. The topological polar surface area (TPSA) is 83.6 Å². The number of carbonyl (C=O) groups is 2. The van der Waals surface area contributed by atoms with E-state index in [1.54, 1.807) is 37.5 Å². The van der Waals surface area contributed by atoms with Crippen molar-refractivity contribution in [3.63, 3.8) is 0 Å². The van der Waals surface area contributed by atoms with Gasteiger partial charge in [0.1, 0.15) is 11.2 Å². The van der Waals surface area contributed by atoms with Crippen LogP contribution in [0.4, 0.5) is 0 Å². The van der Waals surface area contributed by atoms with E-state index in [4.69, 9.17) is 4.42 Å². The minimum absolute atomic E-state index is 0.368. The second kappa shape index (κ2) is 5.63. The molecule has 6 heteroatoms. The van der Waals surface area contributed by atoms with E-state index in [1.165, 1.54) is 25.8 Å². The van der Waals surface area contributed by atoms with Crippen LogP contribution in [0.15, 0.2) is 34.9 Å². The van der Waals surface area contributed by atoms with E-state index in [2.05, 4.69) is 4.98 Å². The number of rotatable bonds is 4. The molecule has 1 N–H and O–H groups in total. The first-order valence-corrected chi connectivity index (χ1v) is 6.78. The summed E-state index contributed by atoms with van der Waals surface area (Å²) in [4.78, 5) is 29.3. The average molecular weight is 302 g/mol. The lowest BCUT2D eigenvalue weighted by Gasteiger charge is -2.31. The van der Waals surface area contributed by atoms with E-state index in [-0.39, 0.29) is 5.91 Å². The van der Waals surface area contributed by atoms with Crippen LogP contribution in [0.3, 0.4) is 0 Å². The number of likely N-dealkylation sites (N-methyl/N-ethyl adjacent to an activating group) is 1. The Morgan fingerprint density at radius 1 is 1.27 bits per heavy atom. The SMILES string of the molecule is Cc1nc(-c2ccco2)ccc1C(=O)N(C)C(C)(C)C(=O)O. The van der Waals surface area contributed by atoms with Crippen molar-refractivity contribution in [2.24, 2.45) is 0 Å². The fraction of sp³-hybridized carbons (Fsp3) is 0.312. The second-order valence-corrected chi connectivity index (χ2v) is 5.54. The second-order valence-electron chi connectivity index (χ2n) is 5.54. The summed E-state index contributed by atoms with van der Waals surface area (Å²) < 4.78 is 5.27. The van der Waals surface area contributed by atoms with Gasteiger partial charge in [-0.3, -0.25) is 4.79 Å². The van der Waals surface area contributed by atoms with E-state index in [9.17, 15) is 14.7 Å². The van der Waals surface area contributed by atoms with Gasteiger partial charge in [-0.05, 0) is 45.0 Å². The summed E-state index contributed by atoms with van der Waals surface area (Å²) in [6, 6.07) is 6.86. The molecule has 0 saturated carbocycles. The van der Waals surface area contributed by atoms with Crippen LogP contribution in [0.2, 0.25) is 0 Å². The Morgan fingerprint density at radius 2 is 1.95 bits per heavy atom. The van der Waals surface area contributed by atoms with Crippen LogP contribution < -0.4 is 0 Å². The largest absolute Gasteiger partial charge is 0.480 e. The van der Waals surface area contributed by atoms with Crippen molar-refractivity contribution in [1.29, 1.82) is 0 Å². The Hall–Kier alpha value is -2.63. The standard InChI is InChI=1S/C16H18N2O4/c1-10-11(14(19)18(4)16(2,3)15(20)21)7-8-12(17-10)13-6-5-9-22-13/h5-9H,1-4H3,(H,20,21). The number of nitrogens with zero attached hydrogens (tertiary/aromatic N) is 2. The molecule has 22 heavy (non-hydrogen) atoms. The maximum Gasteiger partial charge on any atom is 0.329 e. The predicted molar refractivity (Wildman–Crippen MR) is 80.5 cm³/mol. The van der Waals surface area contributed by atoms with Gasteiger partial charge in [0, 0.05) is 7.05 Å². The van der Waals surface area contributed by atoms with E-state index < -0.39 is 11.5 Å². The summed E-state index contributed by atoms with van der Waals surface area (Å²) in [5, 5.41) is 9.22. The van der Waals surface area contributed by atoms with E-state index in [0.717, 1.165) is 0 Å². The van der Waals surface area contributed by atoms with Crippen LogP contribution in [0.25, 0.3) is 11.5 Å². The molecule has 1 amide bonds. The van der Waals surface area contributed by atoms with Crippen LogP contribution in [-0.2, 0) is 4.79 Å². The highest BCUT2D eigenvalue weighted by atomic mass is 16.4. The fourth-order valence-electron chi connectivity index (χ4n) is 1.93. The number of aryl methyl sites for hydroxylation is 1. The van der Waals surface area contributed by atoms with Crippen LogP contribution in [0, 0.1) is 6.92 Å². The summed E-state index contributed by atoms with van der Waals surface area (Å²) in [6.45, 7) is 4.67. The molecule has 0 bridgehead atoms. The minimum atomic E-state index is -1.30. The molecule has 0 aliphatic heterocycles. The van der Waals surface area contributed by atoms with Crippen molar-refractivity contribution in [1.82, 2.24) is 9.88 Å². The number of pyridine rings is 1. The van der Waals surface area contributed by atoms with Gasteiger partial charge >= 0.3 is 5.97 Å².